The van der Waals surface area contributed by atoms with Gasteiger partial charge in [0.15, 0.2) is 5.82 Å². The number of nitrogens with zero attached hydrogens (tertiary/aromatic N) is 5. The number of amides is 1. The predicted octanol–water partition coefficient (Wildman–Crippen LogP) is 2.40. The number of aromatic nitrogens is 4. The molecule has 0 aliphatic carbocycles. The first-order valence-corrected chi connectivity index (χ1v) is 9.92. The van der Waals surface area contributed by atoms with Crippen molar-refractivity contribution in [2.24, 2.45) is 5.92 Å². The molecule has 0 saturated heterocycles. The number of hydrogen-bond acceptors (Lipinski definition) is 5. The van der Waals surface area contributed by atoms with Gasteiger partial charge in [0.1, 0.15) is 11.7 Å². The van der Waals surface area contributed by atoms with Crippen molar-refractivity contribution < 1.29 is 4.79 Å². The van der Waals surface area contributed by atoms with Gasteiger partial charge >= 0.3 is 5.69 Å². The summed E-state index contributed by atoms with van der Waals surface area (Å²) in [5, 5.41) is 6.37. The Bertz CT molecular complexity index is 991. The lowest BCUT2D eigenvalue weighted by molar-refractivity contribution is 0.0652. The van der Waals surface area contributed by atoms with Gasteiger partial charge in [0, 0.05) is 25.0 Å². The molecule has 2 aromatic heterocycles. The number of carbonyl (C=O) groups excluding carboxylic acids is 1. The summed E-state index contributed by atoms with van der Waals surface area (Å²) < 4.78 is 3.22. The topological polar surface area (TPSA) is 73.0 Å². The lowest BCUT2D eigenvalue weighted by Gasteiger charge is -2.35. The maximum atomic E-state index is 13.1. The summed E-state index contributed by atoms with van der Waals surface area (Å²) in [5.41, 5.74) is 2.91. The van der Waals surface area contributed by atoms with Gasteiger partial charge in [0.2, 0.25) is 0 Å². The molecule has 27 heavy (non-hydrogen) atoms. The lowest BCUT2D eigenvalue weighted by Crippen LogP contribution is -2.44. The van der Waals surface area contributed by atoms with Gasteiger partial charge in [-0.05, 0) is 11.5 Å². The minimum Gasteiger partial charge on any atom is -0.321 e. The summed E-state index contributed by atoms with van der Waals surface area (Å²) in [6.45, 7) is 5.54. The Morgan fingerprint density at radius 2 is 2.04 bits per heavy atom. The summed E-state index contributed by atoms with van der Waals surface area (Å²) in [4.78, 5) is 31.8. The molecule has 8 heteroatoms. The van der Waals surface area contributed by atoms with E-state index >= 15 is 0 Å². The molecule has 3 heterocycles. The Balaban J connectivity index is 1.82. The van der Waals surface area contributed by atoms with Gasteiger partial charge in [-0.3, -0.25) is 9.36 Å². The van der Waals surface area contributed by atoms with Crippen molar-refractivity contribution in [2.75, 3.05) is 6.54 Å². The summed E-state index contributed by atoms with van der Waals surface area (Å²) in [5.74, 6) is 0.784. The Morgan fingerprint density at radius 1 is 1.26 bits per heavy atom. The van der Waals surface area contributed by atoms with Crippen molar-refractivity contribution in [3.05, 3.63) is 68.8 Å². The van der Waals surface area contributed by atoms with E-state index in [2.05, 4.69) is 23.9 Å². The quantitative estimate of drug-likeness (QED) is 0.693. The molecule has 1 amide bonds. The van der Waals surface area contributed by atoms with E-state index in [4.69, 9.17) is 0 Å². The molecular formula is C19H21N5O2S. The van der Waals surface area contributed by atoms with Crippen LogP contribution in [-0.4, -0.2) is 36.7 Å². The van der Waals surface area contributed by atoms with Crippen molar-refractivity contribution in [1.82, 2.24) is 24.2 Å². The van der Waals surface area contributed by atoms with Crippen molar-refractivity contribution in [1.29, 1.82) is 0 Å². The first-order valence-electron chi connectivity index (χ1n) is 8.98. The third kappa shape index (κ3) is 3.21. The minimum atomic E-state index is -0.407. The van der Waals surface area contributed by atoms with Gasteiger partial charge in [-0.25, -0.2) is 14.5 Å². The highest BCUT2D eigenvalue weighted by atomic mass is 32.1. The molecule has 1 atom stereocenters. The fourth-order valence-corrected chi connectivity index (χ4v) is 3.99. The second kappa shape index (κ2) is 7.11. The number of rotatable bonds is 4. The molecule has 3 aromatic rings. The number of fused-ring (bicyclic) bond motifs is 1. The first kappa shape index (κ1) is 17.7. The molecule has 0 N–H and O–H groups in total. The monoisotopic (exact) mass is 383 g/mol. The molecule has 0 bridgehead atoms. The zero-order valence-electron chi connectivity index (χ0n) is 15.3. The SMILES string of the molecule is CC(C)Cn1nc2n(c1=O)CCN(C(=O)c1cscn1)C2c1ccccc1. The van der Waals surface area contributed by atoms with Crippen molar-refractivity contribution in [2.45, 2.75) is 33.0 Å². The average Bonchev–Trinajstić information content (AvgIpc) is 3.30. The Kier molecular flexibility index (Phi) is 4.65. The van der Waals surface area contributed by atoms with E-state index in [1.54, 1.807) is 20.4 Å². The van der Waals surface area contributed by atoms with Crippen LogP contribution in [0, 0.1) is 5.92 Å². The van der Waals surface area contributed by atoms with Crippen LogP contribution >= 0.6 is 11.3 Å². The molecule has 0 radical (unpaired) electrons. The van der Waals surface area contributed by atoms with E-state index in [-0.39, 0.29) is 11.6 Å². The molecule has 7 nitrogen and oxygen atoms in total. The molecule has 0 spiro atoms. The molecule has 140 valence electrons. The van der Waals surface area contributed by atoms with Crippen LogP contribution in [-0.2, 0) is 13.1 Å². The second-order valence-electron chi connectivity index (χ2n) is 7.05. The fourth-order valence-electron chi connectivity index (χ4n) is 3.46. The number of hydrogen-bond donors (Lipinski definition) is 0. The highest BCUT2D eigenvalue weighted by Gasteiger charge is 2.36. The third-order valence-electron chi connectivity index (χ3n) is 4.64. The van der Waals surface area contributed by atoms with Crippen LogP contribution < -0.4 is 5.69 Å². The summed E-state index contributed by atoms with van der Waals surface area (Å²) in [6.07, 6.45) is 0. The normalized spacial score (nSPS) is 16.6. The summed E-state index contributed by atoms with van der Waals surface area (Å²) >= 11 is 1.39. The fraction of sp³-hybridized carbons (Fsp3) is 0.368. The van der Waals surface area contributed by atoms with Gasteiger partial charge in [0.25, 0.3) is 5.91 Å². The van der Waals surface area contributed by atoms with Crippen LogP contribution in [0.4, 0.5) is 0 Å². The molecule has 4 rings (SSSR count). The largest absolute Gasteiger partial charge is 0.346 e. The van der Waals surface area contributed by atoms with Crippen LogP contribution in [0.5, 0.6) is 0 Å². The highest BCUT2D eigenvalue weighted by molar-refractivity contribution is 7.07. The van der Waals surface area contributed by atoms with E-state index in [1.165, 1.54) is 16.0 Å². The van der Waals surface area contributed by atoms with Crippen LogP contribution in [0.2, 0.25) is 0 Å². The van der Waals surface area contributed by atoms with Crippen molar-refractivity contribution in [3.8, 4) is 0 Å². The molecule has 1 unspecified atom stereocenters. The smallest absolute Gasteiger partial charge is 0.321 e. The highest BCUT2D eigenvalue weighted by Crippen LogP contribution is 2.31. The predicted molar refractivity (Wildman–Crippen MR) is 103 cm³/mol. The standard InChI is InChI=1S/C19H21N5O2S/c1-13(2)10-24-19(26)23-9-8-22(18(25)15-11-27-12-20-15)16(17(23)21-24)14-6-4-3-5-7-14/h3-7,11-13,16H,8-10H2,1-2H3. The summed E-state index contributed by atoms with van der Waals surface area (Å²) in [7, 11) is 0. The number of carbonyl (C=O) groups is 1. The second-order valence-corrected chi connectivity index (χ2v) is 7.77. The Hall–Kier alpha value is -2.74. The van der Waals surface area contributed by atoms with E-state index in [1.807, 2.05) is 30.3 Å². The molecule has 1 aromatic carbocycles. The third-order valence-corrected chi connectivity index (χ3v) is 5.22. The van der Waals surface area contributed by atoms with Crippen molar-refractivity contribution >= 4 is 17.2 Å². The van der Waals surface area contributed by atoms with Gasteiger partial charge in [-0.15, -0.1) is 11.3 Å². The lowest BCUT2D eigenvalue weighted by atomic mass is 10.0. The Labute approximate surface area is 160 Å². The first-order chi connectivity index (χ1) is 13.1. The maximum absolute atomic E-state index is 13.1. The average molecular weight is 383 g/mol. The molecule has 0 saturated carbocycles. The zero-order chi connectivity index (χ0) is 19.0. The van der Waals surface area contributed by atoms with Crippen LogP contribution in [0.1, 0.15) is 41.8 Å². The summed E-state index contributed by atoms with van der Waals surface area (Å²) in [6, 6.07) is 9.33. The van der Waals surface area contributed by atoms with Gasteiger partial charge in [-0.2, -0.15) is 5.10 Å². The van der Waals surface area contributed by atoms with Crippen LogP contribution in [0.15, 0.2) is 46.0 Å². The maximum Gasteiger partial charge on any atom is 0.346 e. The van der Waals surface area contributed by atoms with E-state index < -0.39 is 6.04 Å². The van der Waals surface area contributed by atoms with Crippen molar-refractivity contribution in [3.63, 3.8) is 0 Å². The van der Waals surface area contributed by atoms with Gasteiger partial charge in [0.05, 0.1) is 5.51 Å². The zero-order valence-corrected chi connectivity index (χ0v) is 16.1. The van der Waals surface area contributed by atoms with Crippen LogP contribution in [0.3, 0.4) is 0 Å². The molecule has 1 aliphatic heterocycles. The Morgan fingerprint density at radius 3 is 2.70 bits per heavy atom. The number of benzene rings is 1. The van der Waals surface area contributed by atoms with Gasteiger partial charge < -0.3 is 4.90 Å². The molecule has 1 aliphatic rings. The van der Waals surface area contributed by atoms with E-state index in [9.17, 15) is 9.59 Å². The number of thiazole rings is 1. The molecule has 0 fully saturated rings. The van der Waals surface area contributed by atoms with E-state index in [0.717, 1.165) is 5.56 Å². The van der Waals surface area contributed by atoms with E-state index in [0.29, 0.717) is 37.1 Å². The van der Waals surface area contributed by atoms with Gasteiger partial charge in [-0.1, -0.05) is 44.2 Å². The molecular weight excluding hydrogens is 362 g/mol. The van der Waals surface area contributed by atoms with Crippen LogP contribution in [0.25, 0.3) is 0 Å². The minimum absolute atomic E-state index is 0.111.